The second-order valence-electron chi connectivity index (χ2n) is 4.79. The van der Waals surface area contributed by atoms with Gasteiger partial charge in [-0.05, 0) is 37.1 Å². The van der Waals surface area contributed by atoms with E-state index in [1.54, 1.807) is 0 Å². The number of hydrogen-bond donors (Lipinski definition) is 1. The van der Waals surface area contributed by atoms with Crippen LogP contribution in [0.1, 0.15) is 11.1 Å². The number of nitrogens with zero attached hydrogens (tertiary/aromatic N) is 1. The highest BCUT2D eigenvalue weighted by atomic mass is 35.5. The summed E-state index contributed by atoms with van der Waals surface area (Å²) in [6, 6.07) is 3.72. The van der Waals surface area contributed by atoms with Gasteiger partial charge in [-0.25, -0.2) is 0 Å². The molecule has 20 heavy (non-hydrogen) atoms. The second-order valence-corrected chi connectivity index (χ2v) is 5.17. The van der Waals surface area contributed by atoms with E-state index in [2.05, 4.69) is 5.32 Å². The van der Waals surface area contributed by atoms with Gasteiger partial charge >= 0.3 is 0 Å². The lowest BCUT2D eigenvalue weighted by molar-refractivity contribution is -0.133. The number of carbonyl (C=O) groups is 1. The Kier molecular flexibility index (Phi) is 6.59. The molecule has 1 aromatic carbocycles. The SMILES string of the molecule is Cc1cc(OCC(=O)N2CCNCC2)cc(C)c1Cl.Cl. The van der Waals surface area contributed by atoms with E-state index in [0.29, 0.717) is 5.75 Å². The van der Waals surface area contributed by atoms with Crippen LogP contribution in [0.5, 0.6) is 5.75 Å². The summed E-state index contributed by atoms with van der Waals surface area (Å²) in [5, 5.41) is 3.97. The van der Waals surface area contributed by atoms with Crippen molar-refractivity contribution in [3.8, 4) is 5.75 Å². The third-order valence-electron chi connectivity index (χ3n) is 3.24. The highest BCUT2D eigenvalue weighted by molar-refractivity contribution is 6.32. The Hall–Kier alpha value is -0.970. The molecule has 6 heteroatoms. The van der Waals surface area contributed by atoms with Gasteiger partial charge < -0.3 is 15.0 Å². The van der Waals surface area contributed by atoms with E-state index >= 15 is 0 Å². The van der Waals surface area contributed by atoms with Crippen LogP contribution in [0.4, 0.5) is 0 Å². The highest BCUT2D eigenvalue weighted by Gasteiger charge is 2.16. The van der Waals surface area contributed by atoms with Crippen molar-refractivity contribution in [1.29, 1.82) is 0 Å². The van der Waals surface area contributed by atoms with Crippen LogP contribution in [0.25, 0.3) is 0 Å². The van der Waals surface area contributed by atoms with Gasteiger partial charge in [0, 0.05) is 31.2 Å². The fraction of sp³-hybridized carbons (Fsp3) is 0.500. The molecule has 1 saturated heterocycles. The van der Waals surface area contributed by atoms with Gasteiger partial charge in [-0.1, -0.05) is 11.6 Å². The van der Waals surface area contributed by atoms with Crippen LogP contribution in [0.15, 0.2) is 12.1 Å². The Morgan fingerprint density at radius 1 is 1.30 bits per heavy atom. The third kappa shape index (κ3) is 4.27. The third-order valence-corrected chi connectivity index (χ3v) is 3.84. The molecule has 112 valence electrons. The van der Waals surface area contributed by atoms with E-state index in [-0.39, 0.29) is 24.9 Å². The summed E-state index contributed by atoms with van der Waals surface area (Å²) >= 11 is 6.10. The number of amides is 1. The van der Waals surface area contributed by atoms with Crippen molar-refractivity contribution in [2.45, 2.75) is 13.8 Å². The molecule has 0 saturated carbocycles. The van der Waals surface area contributed by atoms with Crippen molar-refractivity contribution in [3.05, 3.63) is 28.3 Å². The number of rotatable bonds is 3. The van der Waals surface area contributed by atoms with Crippen LogP contribution in [0.3, 0.4) is 0 Å². The summed E-state index contributed by atoms with van der Waals surface area (Å²) < 4.78 is 5.57. The number of piperazine rings is 1. The summed E-state index contributed by atoms with van der Waals surface area (Å²) in [5.41, 5.74) is 1.93. The largest absolute Gasteiger partial charge is 0.484 e. The van der Waals surface area contributed by atoms with E-state index in [4.69, 9.17) is 16.3 Å². The van der Waals surface area contributed by atoms with Gasteiger partial charge in [0.1, 0.15) is 5.75 Å². The van der Waals surface area contributed by atoms with E-state index < -0.39 is 0 Å². The number of carbonyl (C=O) groups excluding carboxylic acids is 1. The molecule has 0 radical (unpaired) electrons. The zero-order chi connectivity index (χ0) is 13.8. The number of ether oxygens (including phenoxy) is 1. The quantitative estimate of drug-likeness (QED) is 0.928. The number of aryl methyl sites for hydroxylation is 2. The van der Waals surface area contributed by atoms with Crippen molar-refractivity contribution in [2.24, 2.45) is 0 Å². The van der Waals surface area contributed by atoms with Crippen LogP contribution >= 0.6 is 24.0 Å². The molecule has 1 aliphatic rings. The first-order valence-electron chi connectivity index (χ1n) is 6.46. The molecule has 0 aliphatic carbocycles. The summed E-state index contributed by atoms with van der Waals surface area (Å²) in [4.78, 5) is 13.8. The molecule has 1 heterocycles. The Morgan fingerprint density at radius 2 is 1.85 bits per heavy atom. The van der Waals surface area contributed by atoms with E-state index in [0.717, 1.165) is 42.3 Å². The first kappa shape index (κ1) is 17.1. The van der Waals surface area contributed by atoms with Crippen LogP contribution in [0.2, 0.25) is 5.02 Å². The molecule has 1 aromatic rings. The van der Waals surface area contributed by atoms with Gasteiger partial charge in [-0.15, -0.1) is 12.4 Å². The highest BCUT2D eigenvalue weighted by Crippen LogP contribution is 2.25. The second kappa shape index (κ2) is 7.72. The molecule has 0 bridgehead atoms. The van der Waals surface area contributed by atoms with Crippen molar-refractivity contribution in [2.75, 3.05) is 32.8 Å². The zero-order valence-electron chi connectivity index (χ0n) is 11.7. The molecule has 1 fully saturated rings. The summed E-state index contributed by atoms with van der Waals surface area (Å²) in [7, 11) is 0. The van der Waals surface area contributed by atoms with Gasteiger partial charge in [-0.3, -0.25) is 4.79 Å². The minimum Gasteiger partial charge on any atom is -0.484 e. The maximum absolute atomic E-state index is 12.0. The molecule has 0 aromatic heterocycles. The lowest BCUT2D eigenvalue weighted by Gasteiger charge is -2.27. The predicted molar refractivity (Wildman–Crippen MR) is 83.1 cm³/mol. The zero-order valence-corrected chi connectivity index (χ0v) is 13.3. The summed E-state index contributed by atoms with van der Waals surface area (Å²) in [6.45, 7) is 7.15. The Balaban J connectivity index is 0.00000200. The molecule has 1 amide bonds. The molecule has 1 N–H and O–H groups in total. The van der Waals surface area contributed by atoms with Crippen molar-refractivity contribution < 1.29 is 9.53 Å². The first-order chi connectivity index (χ1) is 9.08. The lowest BCUT2D eigenvalue weighted by Crippen LogP contribution is -2.47. The number of nitrogens with one attached hydrogen (secondary N) is 1. The van der Waals surface area contributed by atoms with Crippen molar-refractivity contribution in [3.63, 3.8) is 0 Å². The summed E-state index contributed by atoms with van der Waals surface area (Å²) in [6.07, 6.45) is 0. The van der Waals surface area contributed by atoms with Crippen LogP contribution in [0, 0.1) is 13.8 Å². The Morgan fingerprint density at radius 3 is 2.40 bits per heavy atom. The van der Waals surface area contributed by atoms with Crippen LogP contribution in [-0.2, 0) is 4.79 Å². The molecule has 0 atom stereocenters. The van der Waals surface area contributed by atoms with E-state index in [1.807, 2.05) is 30.9 Å². The van der Waals surface area contributed by atoms with Gasteiger partial charge in [0.05, 0.1) is 0 Å². The molecule has 4 nitrogen and oxygen atoms in total. The smallest absolute Gasteiger partial charge is 0.260 e. The monoisotopic (exact) mass is 318 g/mol. The molecule has 0 spiro atoms. The maximum atomic E-state index is 12.0. The van der Waals surface area contributed by atoms with Gasteiger partial charge in [0.25, 0.3) is 5.91 Å². The number of benzene rings is 1. The molecule has 1 aliphatic heterocycles. The Labute approximate surface area is 130 Å². The first-order valence-corrected chi connectivity index (χ1v) is 6.84. The predicted octanol–water partition coefficient (Wildman–Crippen LogP) is 2.19. The molecular formula is C14H20Cl2N2O2. The van der Waals surface area contributed by atoms with Crippen molar-refractivity contribution in [1.82, 2.24) is 10.2 Å². The van der Waals surface area contributed by atoms with E-state index in [9.17, 15) is 4.79 Å². The minimum atomic E-state index is 0. The average molecular weight is 319 g/mol. The fourth-order valence-electron chi connectivity index (χ4n) is 2.14. The van der Waals surface area contributed by atoms with Gasteiger partial charge in [0.2, 0.25) is 0 Å². The normalized spacial score (nSPS) is 14.7. The standard InChI is InChI=1S/C14H19ClN2O2.ClH/c1-10-7-12(8-11(2)14(10)15)19-9-13(18)17-5-3-16-4-6-17;/h7-8,16H,3-6,9H2,1-2H3;1H. The van der Waals surface area contributed by atoms with Gasteiger partial charge in [0.15, 0.2) is 6.61 Å². The van der Waals surface area contributed by atoms with Crippen LogP contribution < -0.4 is 10.1 Å². The number of halogens is 2. The van der Waals surface area contributed by atoms with Crippen LogP contribution in [-0.4, -0.2) is 43.6 Å². The van der Waals surface area contributed by atoms with Crippen molar-refractivity contribution >= 4 is 29.9 Å². The molecule has 0 unspecified atom stereocenters. The average Bonchev–Trinajstić information content (AvgIpc) is 2.43. The van der Waals surface area contributed by atoms with Gasteiger partial charge in [-0.2, -0.15) is 0 Å². The minimum absolute atomic E-state index is 0. The molecular weight excluding hydrogens is 299 g/mol. The topological polar surface area (TPSA) is 41.6 Å². The Bertz CT molecular complexity index is 451. The fourth-order valence-corrected chi connectivity index (χ4v) is 2.25. The number of hydrogen-bond acceptors (Lipinski definition) is 3. The van der Waals surface area contributed by atoms with E-state index in [1.165, 1.54) is 0 Å². The summed E-state index contributed by atoms with van der Waals surface area (Å²) in [5.74, 6) is 0.731. The lowest BCUT2D eigenvalue weighted by atomic mass is 10.1. The molecule has 2 rings (SSSR count). The maximum Gasteiger partial charge on any atom is 0.260 e.